The van der Waals surface area contributed by atoms with E-state index in [1.165, 1.54) is 16.9 Å². The van der Waals surface area contributed by atoms with Gasteiger partial charge in [0.05, 0.1) is 24.6 Å². The molecule has 0 spiro atoms. The third-order valence-electron chi connectivity index (χ3n) is 5.71. The molecule has 1 N–H and O–H groups in total. The maximum absolute atomic E-state index is 12.6. The zero-order chi connectivity index (χ0) is 20.1. The highest BCUT2D eigenvalue weighted by Crippen LogP contribution is 2.30. The number of ether oxygens (including phenoxy) is 1. The Morgan fingerprint density at radius 1 is 0.862 bits per heavy atom. The van der Waals surface area contributed by atoms with Gasteiger partial charge in [-0.25, -0.2) is 4.79 Å². The number of carbonyl (C=O) groups is 1. The monoisotopic (exact) mass is 394 g/mol. The molecule has 2 aliphatic heterocycles. The second kappa shape index (κ2) is 9.18. The first-order valence-corrected chi connectivity index (χ1v) is 10.5. The molecule has 0 unspecified atom stereocenters. The van der Waals surface area contributed by atoms with Crippen molar-refractivity contribution in [2.45, 2.75) is 13.5 Å². The van der Waals surface area contributed by atoms with Crippen LogP contribution in [0.15, 0.2) is 48.5 Å². The summed E-state index contributed by atoms with van der Waals surface area (Å²) in [5.74, 6) is 0. The van der Waals surface area contributed by atoms with Crippen LogP contribution in [0, 0.1) is 6.92 Å². The zero-order valence-electron chi connectivity index (χ0n) is 17.1. The minimum absolute atomic E-state index is 0.0201. The Morgan fingerprint density at radius 3 is 2.07 bits per heavy atom. The Bertz CT molecular complexity index is 810. The lowest BCUT2D eigenvalue weighted by atomic mass is 10.1. The van der Waals surface area contributed by atoms with Crippen molar-refractivity contribution in [3.63, 3.8) is 0 Å². The fourth-order valence-corrected chi connectivity index (χ4v) is 3.95. The van der Waals surface area contributed by atoms with Crippen LogP contribution < -0.4 is 15.1 Å². The number of rotatable bonds is 4. The molecule has 2 saturated heterocycles. The predicted molar refractivity (Wildman–Crippen MR) is 117 cm³/mol. The fourth-order valence-electron chi connectivity index (χ4n) is 3.95. The summed E-state index contributed by atoms with van der Waals surface area (Å²) in [4.78, 5) is 19.3. The van der Waals surface area contributed by atoms with Gasteiger partial charge in [-0.3, -0.25) is 0 Å². The van der Waals surface area contributed by atoms with Gasteiger partial charge < -0.3 is 24.8 Å². The molecule has 2 aliphatic rings. The number of para-hydroxylation sites is 2. The van der Waals surface area contributed by atoms with Crippen molar-refractivity contribution in [3.05, 3.63) is 59.7 Å². The van der Waals surface area contributed by atoms with Crippen molar-refractivity contribution in [2.75, 3.05) is 62.3 Å². The van der Waals surface area contributed by atoms with Gasteiger partial charge in [0, 0.05) is 45.8 Å². The number of amides is 2. The van der Waals surface area contributed by atoms with Gasteiger partial charge in [0.15, 0.2) is 0 Å². The molecule has 2 heterocycles. The Morgan fingerprint density at radius 2 is 1.45 bits per heavy atom. The van der Waals surface area contributed by atoms with Crippen molar-refractivity contribution in [1.29, 1.82) is 0 Å². The van der Waals surface area contributed by atoms with E-state index in [1.807, 2.05) is 4.90 Å². The molecule has 2 amide bonds. The Hall–Kier alpha value is -2.73. The molecule has 2 aromatic carbocycles. The van der Waals surface area contributed by atoms with E-state index in [1.54, 1.807) is 0 Å². The molecule has 154 valence electrons. The first-order valence-electron chi connectivity index (χ1n) is 10.5. The summed E-state index contributed by atoms with van der Waals surface area (Å²) in [7, 11) is 0. The summed E-state index contributed by atoms with van der Waals surface area (Å²) in [5, 5.41) is 3.05. The van der Waals surface area contributed by atoms with Gasteiger partial charge in [-0.15, -0.1) is 0 Å². The van der Waals surface area contributed by atoms with Crippen LogP contribution >= 0.6 is 0 Å². The maximum Gasteiger partial charge on any atom is 0.317 e. The van der Waals surface area contributed by atoms with E-state index < -0.39 is 0 Å². The summed E-state index contributed by atoms with van der Waals surface area (Å²) >= 11 is 0. The van der Waals surface area contributed by atoms with E-state index in [9.17, 15) is 4.79 Å². The van der Waals surface area contributed by atoms with Gasteiger partial charge in [0.2, 0.25) is 0 Å². The number of piperazine rings is 1. The topological polar surface area (TPSA) is 48.1 Å². The largest absolute Gasteiger partial charge is 0.378 e. The predicted octanol–water partition coefficient (Wildman–Crippen LogP) is 2.86. The molecular formula is C23H30N4O2. The van der Waals surface area contributed by atoms with Crippen LogP contribution in [0.25, 0.3) is 0 Å². The molecule has 29 heavy (non-hydrogen) atoms. The minimum atomic E-state index is 0.0201. The highest BCUT2D eigenvalue weighted by molar-refractivity contribution is 5.75. The van der Waals surface area contributed by atoms with Crippen molar-refractivity contribution >= 4 is 17.4 Å². The van der Waals surface area contributed by atoms with Crippen LogP contribution in [0.3, 0.4) is 0 Å². The Balaban J connectivity index is 1.32. The molecule has 0 radical (unpaired) electrons. The number of anilines is 2. The smallest absolute Gasteiger partial charge is 0.317 e. The fraction of sp³-hybridized carbons (Fsp3) is 0.435. The van der Waals surface area contributed by atoms with E-state index in [2.05, 4.69) is 70.6 Å². The first kappa shape index (κ1) is 19.6. The molecular weight excluding hydrogens is 364 g/mol. The Kier molecular flexibility index (Phi) is 6.20. The van der Waals surface area contributed by atoms with E-state index >= 15 is 0 Å². The second-order valence-corrected chi connectivity index (χ2v) is 7.71. The lowest BCUT2D eigenvalue weighted by molar-refractivity contribution is 0.122. The number of hydrogen-bond acceptors (Lipinski definition) is 4. The number of morpholine rings is 1. The number of hydrogen-bond donors (Lipinski definition) is 1. The Labute approximate surface area is 173 Å². The van der Waals surface area contributed by atoms with Crippen LogP contribution in [0.4, 0.5) is 16.2 Å². The molecule has 6 heteroatoms. The summed E-state index contributed by atoms with van der Waals surface area (Å²) in [5.41, 5.74) is 4.89. The van der Waals surface area contributed by atoms with Crippen molar-refractivity contribution < 1.29 is 9.53 Å². The van der Waals surface area contributed by atoms with Gasteiger partial charge in [-0.2, -0.15) is 0 Å². The molecule has 0 aliphatic carbocycles. The van der Waals surface area contributed by atoms with Crippen molar-refractivity contribution in [1.82, 2.24) is 10.2 Å². The SMILES string of the molecule is Cc1ccc(CNC(=O)N2CCN(c3ccccc3N3CCOCC3)CC2)cc1. The van der Waals surface area contributed by atoms with E-state index in [0.29, 0.717) is 6.54 Å². The van der Waals surface area contributed by atoms with Crippen molar-refractivity contribution in [3.8, 4) is 0 Å². The van der Waals surface area contributed by atoms with Gasteiger partial charge in [-0.05, 0) is 24.6 Å². The number of benzene rings is 2. The number of nitrogens with one attached hydrogen (secondary N) is 1. The van der Waals surface area contributed by atoms with Crippen molar-refractivity contribution in [2.24, 2.45) is 0 Å². The van der Waals surface area contributed by atoms with E-state index in [0.717, 1.165) is 58.0 Å². The lowest BCUT2D eigenvalue weighted by Gasteiger charge is -2.39. The molecule has 0 bridgehead atoms. The van der Waals surface area contributed by atoms with Gasteiger partial charge >= 0.3 is 6.03 Å². The van der Waals surface area contributed by atoms with Crippen LogP contribution in [0.1, 0.15) is 11.1 Å². The number of nitrogens with zero attached hydrogens (tertiary/aromatic N) is 3. The second-order valence-electron chi connectivity index (χ2n) is 7.71. The molecule has 2 aromatic rings. The molecule has 0 atom stereocenters. The van der Waals surface area contributed by atoms with Crippen LogP contribution in [0.5, 0.6) is 0 Å². The number of carbonyl (C=O) groups excluding carboxylic acids is 1. The van der Waals surface area contributed by atoms with Crippen LogP contribution in [0.2, 0.25) is 0 Å². The molecule has 0 aromatic heterocycles. The summed E-state index contributed by atoms with van der Waals surface area (Å²) in [6.07, 6.45) is 0. The molecule has 0 saturated carbocycles. The normalized spacial score (nSPS) is 17.3. The third kappa shape index (κ3) is 4.82. The first-order chi connectivity index (χ1) is 14.2. The quantitative estimate of drug-likeness (QED) is 0.866. The summed E-state index contributed by atoms with van der Waals surface area (Å²) in [6.45, 7) is 9.22. The third-order valence-corrected chi connectivity index (χ3v) is 5.71. The molecule has 2 fully saturated rings. The molecule has 6 nitrogen and oxygen atoms in total. The van der Waals surface area contributed by atoms with Crippen LogP contribution in [-0.2, 0) is 11.3 Å². The van der Waals surface area contributed by atoms with E-state index in [-0.39, 0.29) is 6.03 Å². The van der Waals surface area contributed by atoms with Gasteiger partial charge in [0.25, 0.3) is 0 Å². The zero-order valence-corrected chi connectivity index (χ0v) is 17.1. The van der Waals surface area contributed by atoms with Crippen LogP contribution in [-0.4, -0.2) is 63.4 Å². The lowest BCUT2D eigenvalue weighted by Crippen LogP contribution is -2.52. The standard InChI is InChI=1S/C23H30N4O2/c1-19-6-8-20(9-7-19)18-24-23(28)27-12-10-25(11-13-27)21-4-2-3-5-22(21)26-14-16-29-17-15-26/h2-9H,10-18H2,1H3,(H,24,28). The highest BCUT2D eigenvalue weighted by Gasteiger charge is 2.24. The van der Waals surface area contributed by atoms with Gasteiger partial charge in [0.1, 0.15) is 0 Å². The van der Waals surface area contributed by atoms with Gasteiger partial charge in [-0.1, -0.05) is 42.0 Å². The highest BCUT2D eigenvalue weighted by atomic mass is 16.5. The van der Waals surface area contributed by atoms with E-state index in [4.69, 9.17) is 4.74 Å². The minimum Gasteiger partial charge on any atom is -0.378 e. The summed E-state index contributed by atoms with van der Waals surface area (Å²) in [6, 6.07) is 16.9. The average Bonchev–Trinajstić information content (AvgIpc) is 2.79. The molecule has 4 rings (SSSR count). The summed E-state index contributed by atoms with van der Waals surface area (Å²) < 4.78 is 5.50. The number of urea groups is 1. The maximum atomic E-state index is 12.6. The number of aryl methyl sites for hydroxylation is 1. The average molecular weight is 395 g/mol.